The molecule has 0 bridgehead atoms. The van der Waals surface area contributed by atoms with Crippen LogP contribution in [0.1, 0.15) is 36.3 Å². The van der Waals surface area contributed by atoms with Gasteiger partial charge in [0.2, 0.25) is 5.91 Å². The largest absolute Gasteiger partial charge is 0.369 e. The van der Waals surface area contributed by atoms with Gasteiger partial charge in [0.1, 0.15) is 17.5 Å². The second-order valence-corrected chi connectivity index (χ2v) is 9.10. The fraction of sp³-hybridized carbons (Fsp3) is 0.346. The molecule has 1 aliphatic carbocycles. The number of hydrogen-bond acceptors (Lipinski definition) is 8. The van der Waals surface area contributed by atoms with Gasteiger partial charge in [-0.2, -0.15) is 5.26 Å². The molecule has 0 spiro atoms. The van der Waals surface area contributed by atoms with E-state index in [2.05, 4.69) is 49.4 Å². The first-order valence-electron chi connectivity index (χ1n) is 11.9. The minimum Gasteiger partial charge on any atom is -0.369 e. The molecule has 2 fully saturated rings. The number of carbonyl (C=O) groups is 1. The Morgan fingerprint density at radius 1 is 1.06 bits per heavy atom. The van der Waals surface area contributed by atoms with Gasteiger partial charge in [-0.3, -0.25) is 9.69 Å². The lowest BCUT2D eigenvalue weighted by Crippen LogP contribution is -2.36. The van der Waals surface area contributed by atoms with Gasteiger partial charge in [-0.25, -0.2) is 15.0 Å². The summed E-state index contributed by atoms with van der Waals surface area (Å²) < 4.78 is 0. The lowest BCUT2D eigenvalue weighted by molar-refractivity contribution is -0.119. The van der Waals surface area contributed by atoms with Crippen LogP contribution in [-0.4, -0.2) is 58.5 Å². The van der Waals surface area contributed by atoms with E-state index in [1.165, 1.54) is 18.4 Å². The molecule has 0 atom stereocenters. The molecule has 35 heavy (non-hydrogen) atoms. The van der Waals surface area contributed by atoms with Gasteiger partial charge in [-0.1, -0.05) is 0 Å². The summed E-state index contributed by atoms with van der Waals surface area (Å²) in [6.07, 6.45) is 6.75. The summed E-state index contributed by atoms with van der Waals surface area (Å²) in [6, 6.07) is 13.9. The Labute approximate surface area is 204 Å². The maximum Gasteiger partial charge on any atom is 0.231 e. The van der Waals surface area contributed by atoms with Crippen LogP contribution in [0.15, 0.2) is 48.8 Å². The highest BCUT2D eigenvalue weighted by molar-refractivity contribution is 5.76. The first-order valence-corrected chi connectivity index (χ1v) is 11.9. The first kappa shape index (κ1) is 22.7. The number of hydrogen-bond donors (Lipinski definition) is 2. The van der Waals surface area contributed by atoms with Crippen molar-refractivity contribution in [3.63, 3.8) is 0 Å². The van der Waals surface area contributed by atoms with E-state index in [4.69, 9.17) is 10.7 Å². The molecule has 3 aromatic heterocycles. The molecule has 1 saturated carbocycles. The van der Waals surface area contributed by atoms with Gasteiger partial charge in [0, 0.05) is 44.1 Å². The molecule has 0 unspecified atom stereocenters. The number of anilines is 3. The standard InChI is InChI=1S/C26H28N8O/c27-16-18-4-6-29-24(12-18)32-25-14-21(19-2-3-19)13-22(31-25)20-5-7-30-26(15-20)34-9-1-8-33(10-11-34)17-23(28)35/h4-7,12-15,19H,1-3,8-11,17H2,(H2,28,35)(H,29,31,32). The van der Waals surface area contributed by atoms with E-state index in [0.29, 0.717) is 29.7 Å². The van der Waals surface area contributed by atoms with Crippen LogP contribution in [0.4, 0.5) is 17.5 Å². The number of nitriles is 1. The topological polar surface area (TPSA) is 124 Å². The SMILES string of the molecule is N#Cc1ccnc(Nc2cc(C3CC3)cc(-c3ccnc(N4CCCN(CC(N)=O)CC4)c3)n2)c1. The second kappa shape index (κ2) is 10.1. The summed E-state index contributed by atoms with van der Waals surface area (Å²) >= 11 is 0. The van der Waals surface area contributed by atoms with Crippen LogP contribution >= 0.6 is 0 Å². The fourth-order valence-corrected chi connectivity index (χ4v) is 4.44. The third-order valence-electron chi connectivity index (χ3n) is 6.37. The van der Waals surface area contributed by atoms with Crippen LogP contribution in [-0.2, 0) is 4.79 Å². The smallest absolute Gasteiger partial charge is 0.231 e. The molecule has 0 aromatic carbocycles. The molecule has 178 valence electrons. The Morgan fingerprint density at radius 2 is 1.91 bits per heavy atom. The quantitative estimate of drug-likeness (QED) is 0.542. The van der Waals surface area contributed by atoms with Gasteiger partial charge < -0.3 is 16.0 Å². The Bertz CT molecular complexity index is 1270. The molecule has 9 heteroatoms. The summed E-state index contributed by atoms with van der Waals surface area (Å²) in [4.78, 5) is 29.5. The van der Waals surface area contributed by atoms with Crippen molar-refractivity contribution < 1.29 is 4.79 Å². The Hall–Kier alpha value is -4.03. The van der Waals surface area contributed by atoms with Crippen molar-refractivity contribution in [1.29, 1.82) is 5.26 Å². The summed E-state index contributed by atoms with van der Waals surface area (Å²) in [6.45, 7) is 3.57. The van der Waals surface area contributed by atoms with Crippen LogP contribution in [0.3, 0.4) is 0 Å². The number of nitrogens with two attached hydrogens (primary N) is 1. The van der Waals surface area contributed by atoms with E-state index in [9.17, 15) is 10.1 Å². The monoisotopic (exact) mass is 468 g/mol. The van der Waals surface area contributed by atoms with Crippen LogP contribution in [0.2, 0.25) is 0 Å². The molecular weight excluding hydrogens is 440 g/mol. The lowest BCUT2D eigenvalue weighted by Gasteiger charge is -2.22. The third-order valence-corrected chi connectivity index (χ3v) is 6.37. The predicted octanol–water partition coefficient (Wildman–Crippen LogP) is 3.03. The number of nitrogens with zero attached hydrogens (tertiary/aromatic N) is 6. The number of carbonyl (C=O) groups excluding carboxylic acids is 1. The fourth-order valence-electron chi connectivity index (χ4n) is 4.44. The van der Waals surface area contributed by atoms with Crippen molar-refractivity contribution in [3.8, 4) is 17.3 Å². The van der Waals surface area contributed by atoms with Gasteiger partial charge in [0.05, 0.1) is 23.9 Å². The van der Waals surface area contributed by atoms with Gasteiger partial charge in [0.25, 0.3) is 0 Å². The number of amides is 1. The highest BCUT2D eigenvalue weighted by Crippen LogP contribution is 2.42. The molecular formula is C26H28N8O. The highest BCUT2D eigenvalue weighted by Gasteiger charge is 2.25. The van der Waals surface area contributed by atoms with Crippen molar-refractivity contribution in [2.75, 3.05) is 42.9 Å². The number of nitrogens with one attached hydrogen (secondary N) is 1. The van der Waals surface area contributed by atoms with Gasteiger partial charge >= 0.3 is 0 Å². The minimum absolute atomic E-state index is 0.292. The molecule has 1 amide bonds. The predicted molar refractivity (Wildman–Crippen MR) is 134 cm³/mol. The van der Waals surface area contributed by atoms with Gasteiger partial charge in [-0.05, 0) is 67.1 Å². The van der Waals surface area contributed by atoms with Crippen molar-refractivity contribution >= 4 is 23.4 Å². The van der Waals surface area contributed by atoms with E-state index in [1.54, 1.807) is 18.3 Å². The normalized spacial score (nSPS) is 16.4. The molecule has 5 rings (SSSR count). The first-order chi connectivity index (χ1) is 17.1. The van der Waals surface area contributed by atoms with E-state index >= 15 is 0 Å². The third kappa shape index (κ3) is 5.73. The lowest BCUT2D eigenvalue weighted by atomic mass is 10.1. The summed E-state index contributed by atoms with van der Waals surface area (Å²) in [5, 5.41) is 12.5. The number of primary amides is 1. The summed E-state index contributed by atoms with van der Waals surface area (Å²) in [5.41, 5.74) is 9.06. The maximum absolute atomic E-state index is 11.3. The molecule has 9 nitrogen and oxygen atoms in total. The van der Waals surface area contributed by atoms with Gasteiger partial charge in [0.15, 0.2) is 0 Å². The van der Waals surface area contributed by atoms with Gasteiger partial charge in [-0.15, -0.1) is 0 Å². The average Bonchev–Trinajstić information content (AvgIpc) is 3.72. The average molecular weight is 469 g/mol. The van der Waals surface area contributed by atoms with Crippen LogP contribution in [0.5, 0.6) is 0 Å². The number of aromatic nitrogens is 3. The zero-order chi connectivity index (χ0) is 24.2. The molecule has 2 aliphatic rings. The van der Waals surface area contributed by atoms with E-state index in [0.717, 1.165) is 49.7 Å². The van der Waals surface area contributed by atoms with E-state index in [1.807, 2.05) is 12.3 Å². The van der Waals surface area contributed by atoms with Crippen molar-refractivity contribution in [1.82, 2.24) is 19.9 Å². The Kier molecular flexibility index (Phi) is 6.55. The minimum atomic E-state index is -0.292. The molecule has 4 heterocycles. The van der Waals surface area contributed by atoms with Crippen LogP contribution < -0.4 is 16.0 Å². The molecule has 3 N–H and O–H groups in total. The molecule has 1 aliphatic heterocycles. The van der Waals surface area contributed by atoms with Crippen molar-refractivity contribution in [2.45, 2.75) is 25.2 Å². The molecule has 1 saturated heterocycles. The zero-order valence-electron chi connectivity index (χ0n) is 19.5. The second-order valence-electron chi connectivity index (χ2n) is 9.10. The molecule has 3 aromatic rings. The van der Waals surface area contributed by atoms with E-state index < -0.39 is 0 Å². The summed E-state index contributed by atoms with van der Waals surface area (Å²) in [7, 11) is 0. The number of pyridine rings is 3. The number of rotatable bonds is 7. The van der Waals surface area contributed by atoms with E-state index in [-0.39, 0.29) is 5.91 Å². The zero-order valence-corrected chi connectivity index (χ0v) is 19.5. The molecule has 0 radical (unpaired) electrons. The van der Waals surface area contributed by atoms with Crippen LogP contribution in [0.25, 0.3) is 11.3 Å². The van der Waals surface area contributed by atoms with Crippen LogP contribution in [0, 0.1) is 11.3 Å². The van der Waals surface area contributed by atoms with Crippen molar-refractivity contribution in [2.24, 2.45) is 5.73 Å². The Balaban J connectivity index is 1.40. The summed E-state index contributed by atoms with van der Waals surface area (Å²) in [5.74, 6) is 2.47. The Morgan fingerprint density at radius 3 is 2.71 bits per heavy atom. The van der Waals surface area contributed by atoms with Crippen molar-refractivity contribution in [3.05, 3.63) is 59.9 Å². The maximum atomic E-state index is 11.3. The highest BCUT2D eigenvalue weighted by atomic mass is 16.1.